The number of rotatable bonds is 10. The average Bonchev–Trinajstić information content (AvgIpc) is 2.54. The van der Waals surface area contributed by atoms with Crippen molar-refractivity contribution in [3.8, 4) is 0 Å². The second kappa shape index (κ2) is 9.54. The van der Waals surface area contributed by atoms with Crippen LogP contribution in [0.5, 0.6) is 0 Å². The molecule has 0 saturated carbocycles. The van der Waals surface area contributed by atoms with Gasteiger partial charge in [0.05, 0.1) is 10.8 Å². The Kier molecular flexibility index (Phi) is 7.74. The van der Waals surface area contributed by atoms with Gasteiger partial charge in [-0.15, -0.1) is 0 Å². The number of carbonyl (C=O) groups excluding carboxylic acids is 3. The highest BCUT2D eigenvalue weighted by Gasteiger charge is 2.23. The Hall–Kier alpha value is -2.57. The van der Waals surface area contributed by atoms with E-state index in [0.29, 0.717) is 24.9 Å². The lowest BCUT2D eigenvalue weighted by Gasteiger charge is -2.12. The zero-order valence-corrected chi connectivity index (χ0v) is 13.9. The van der Waals surface area contributed by atoms with E-state index in [1.165, 1.54) is 24.3 Å². The second-order valence-electron chi connectivity index (χ2n) is 5.50. The van der Waals surface area contributed by atoms with Crippen LogP contribution >= 0.6 is 0 Å². The average molecular weight is 334 g/mol. The highest BCUT2D eigenvalue weighted by molar-refractivity contribution is 6.03. The first-order chi connectivity index (χ1) is 11.4. The van der Waals surface area contributed by atoms with Crippen molar-refractivity contribution in [3.05, 3.63) is 34.4 Å². The van der Waals surface area contributed by atoms with Gasteiger partial charge in [0.15, 0.2) is 0 Å². The summed E-state index contributed by atoms with van der Waals surface area (Å²) < 4.78 is 0. The molecule has 0 saturated heterocycles. The van der Waals surface area contributed by atoms with Crippen molar-refractivity contribution in [2.75, 3.05) is 5.32 Å². The minimum Gasteiger partial charge on any atom is -0.326 e. The van der Waals surface area contributed by atoms with Gasteiger partial charge < -0.3 is 5.32 Å². The number of hydrogen-bond acceptors (Lipinski definition) is 5. The van der Waals surface area contributed by atoms with Gasteiger partial charge in [-0.2, -0.15) is 0 Å². The summed E-state index contributed by atoms with van der Waals surface area (Å²) in [4.78, 5) is 46.0. The standard InChI is InChI=1S/C17H22N2O5/c1-3-6-15(20)14(4-2)16(21)9-10-17(22)18-12-7-5-8-13(11-12)19(23)24/h5,7-8,11,14H,3-4,6,9-10H2,1-2H3,(H,18,22). The molecule has 1 atom stereocenters. The summed E-state index contributed by atoms with van der Waals surface area (Å²) in [6.07, 6.45) is 1.41. The third-order valence-electron chi connectivity index (χ3n) is 3.62. The molecule has 1 aromatic rings. The predicted octanol–water partition coefficient (Wildman–Crippen LogP) is 3.28. The zero-order valence-electron chi connectivity index (χ0n) is 13.9. The number of nitrogens with zero attached hydrogens (tertiary/aromatic N) is 1. The number of non-ortho nitro benzene ring substituents is 1. The van der Waals surface area contributed by atoms with Crippen LogP contribution in [-0.4, -0.2) is 22.4 Å². The van der Waals surface area contributed by atoms with Crippen LogP contribution in [0.3, 0.4) is 0 Å². The molecule has 0 bridgehead atoms. The number of amides is 1. The van der Waals surface area contributed by atoms with Crippen LogP contribution in [0.15, 0.2) is 24.3 Å². The molecule has 0 fully saturated rings. The molecular weight excluding hydrogens is 312 g/mol. The van der Waals surface area contributed by atoms with Gasteiger partial charge in [0.1, 0.15) is 11.6 Å². The summed E-state index contributed by atoms with van der Waals surface area (Å²) in [7, 11) is 0. The molecular formula is C17H22N2O5. The van der Waals surface area contributed by atoms with Gasteiger partial charge >= 0.3 is 0 Å². The maximum atomic E-state index is 12.1. The summed E-state index contributed by atoms with van der Waals surface area (Å²) in [5, 5.41) is 13.2. The third-order valence-corrected chi connectivity index (χ3v) is 3.62. The van der Waals surface area contributed by atoms with Gasteiger partial charge in [-0.3, -0.25) is 24.5 Å². The number of benzene rings is 1. The molecule has 1 rings (SSSR count). The minimum absolute atomic E-state index is 0.0191. The summed E-state index contributed by atoms with van der Waals surface area (Å²) in [5.41, 5.74) is 0.177. The third kappa shape index (κ3) is 5.91. The summed E-state index contributed by atoms with van der Waals surface area (Å²) in [6.45, 7) is 3.65. The molecule has 0 radical (unpaired) electrons. The van der Waals surface area contributed by atoms with Gasteiger partial charge in [0.2, 0.25) is 5.91 Å². The predicted molar refractivity (Wildman–Crippen MR) is 89.7 cm³/mol. The van der Waals surface area contributed by atoms with Gasteiger partial charge in [0, 0.05) is 37.1 Å². The van der Waals surface area contributed by atoms with E-state index in [0.717, 1.165) is 0 Å². The summed E-state index contributed by atoms with van der Waals surface area (Å²) in [6, 6.07) is 5.57. The van der Waals surface area contributed by atoms with E-state index in [9.17, 15) is 24.5 Å². The second-order valence-corrected chi connectivity index (χ2v) is 5.50. The quantitative estimate of drug-likeness (QED) is 0.401. The van der Waals surface area contributed by atoms with Gasteiger partial charge in [-0.05, 0) is 18.9 Å². The van der Waals surface area contributed by atoms with Crippen molar-refractivity contribution in [3.63, 3.8) is 0 Å². The molecule has 1 aromatic carbocycles. The van der Waals surface area contributed by atoms with E-state index in [1.807, 2.05) is 6.92 Å². The van der Waals surface area contributed by atoms with Crippen LogP contribution in [0.25, 0.3) is 0 Å². The molecule has 0 aromatic heterocycles. The first-order valence-electron chi connectivity index (χ1n) is 7.98. The molecule has 24 heavy (non-hydrogen) atoms. The molecule has 0 spiro atoms. The molecule has 0 aliphatic rings. The first-order valence-corrected chi connectivity index (χ1v) is 7.98. The molecule has 130 valence electrons. The largest absolute Gasteiger partial charge is 0.326 e. The van der Waals surface area contributed by atoms with E-state index in [-0.39, 0.29) is 30.1 Å². The fourth-order valence-corrected chi connectivity index (χ4v) is 2.39. The fourth-order valence-electron chi connectivity index (χ4n) is 2.39. The molecule has 1 amide bonds. The summed E-state index contributed by atoms with van der Waals surface area (Å²) >= 11 is 0. The van der Waals surface area contributed by atoms with Crippen molar-refractivity contribution < 1.29 is 19.3 Å². The van der Waals surface area contributed by atoms with E-state index < -0.39 is 16.7 Å². The van der Waals surface area contributed by atoms with Crippen molar-refractivity contribution in [2.24, 2.45) is 5.92 Å². The van der Waals surface area contributed by atoms with Crippen LogP contribution in [0, 0.1) is 16.0 Å². The zero-order chi connectivity index (χ0) is 18.1. The van der Waals surface area contributed by atoms with Crippen molar-refractivity contribution >= 4 is 28.8 Å². The maximum Gasteiger partial charge on any atom is 0.271 e. The number of Topliss-reactive ketones (excluding diaryl/α,β-unsaturated/α-hetero) is 2. The van der Waals surface area contributed by atoms with Gasteiger partial charge in [-0.25, -0.2) is 0 Å². The number of nitrogens with one attached hydrogen (secondary N) is 1. The Morgan fingerprint density at radius 3 is 2.38 bits per heavy atom. The molecule has 0 aliphatic heterocycles. The van der Waals surface area contributed by atoms with Crippen LogP contribution < -0.4 is 5.32 Å². The minimum atomic E-state index is -0.643. The first kappa shape index (κ1) is 19.5. The number of anilines is 1. The topological polar surface area (TPSA) is 106 Å². The highest BCUT2D eigenvalue weighted by atomic mass is 16.6. The van der Waals surface area contributed by atoms with Crippen LogP contribution in [0.4, 0.5) is 11.4 Å². The normalized spacial score (nSPS) is 11.6. The number of carbonyl (C=O) groups is 3. The van der Waals surface area contributed by atoms with E-state index >= 15 is 0 Å². The Bertz CT molecular complexity index is 627. The molecule has 7 nitrogen and oxygen atoms in total. The Morgan fingerprint density at radius 1 is 1.12 bits per heavy atom. The number of nitro benzene ring substituents is 1. The van der Waals surface area contributed by atoms with E-state index in [4.69, 9.17) is 0 Å². The van der Waals surface area contributed by atoms with Gasteiger partial charge in [-0.1, -0.05) is 19.9 Å². The molecule has 0 aliphatic carbocycles. The molecule has 1 N–H and O–H groups in total. The lowest BCUT2D eigenvalue weighted by molar-refractivity contribution is -0.384. The lowest BCUT2D eigenvalue weighted by atomic mass is 9.91. The van der Waals surface area contributed by atoms with Crippen molar-refractivity contribution in [2.45, 2.75) is 46.0 Å². The van der Waals surface area contributed by atoms with Crippen molar-refractivity contribution in [1.82, 2.24) is 0 Å². The number of hydrogen-bond donors (Lipinski definition) is 1. The number of ketones is 2. The molecule has 0 heterocycles. The Morgan fingerprint density at radius 2 is 1.79 bits per heavy atom. The molecule has 1 unspecified atom stereocenters. The van der Waals surface area contributed by atoms with Crippen molar-refractivity contribution in [1.29, 1.82) is 0 Å². The van der Waals surface area contributed by atoms with E-state index in [2.05, 4.69) is 5.32 Å². The van der Waals surface area contributed by atoms with Crippen LogP contribution in [0.1, 0.15) is 46.0 Å². The Balaban J connectivity index is 2.56. The Labute approximate surface area is 140 Å². The monoisotopic (exact) mass is 334 g/mol. The lowest BCUT2D eigenvalue weighted by Crippen LogP contribution is -2.24. The number of nitro groups is 1. The smallest absolute Gasteiger partial charge is 0.271 e. The molecule has 7 heteroatoms. The maximum absolute atomic E-state index is 12.1. The van der Waals surface area contributed by atoms with E-state index in [1.54, 1.807) is 6.92 Å². The fraction of sp³-hybridized carbons (Fsp3) is 0.471. The van der Waals surface area contributed by atoms with Crippen LogP contribution in [0.2, 0.25) is 0 Å². The van der Waals surface area contributed by atoms with Crippen LogP contribution in [-0.2, 0) is 14.4 Å². The SMILES string of the molecule is CCCC(=O)C(CC)C(=O)CCC(=O)Nc1cccc([N+](=O)[O-])c1. The summed E-state index contributed by atoms with van der Waals surface area (Å²) in [5.74, 6) is -1.37. The van der Waals surface area contributed by atoms with Gasteiger partial charge in [0.25, 0.3) is 5.69 Å². The highest BCUT2D eigenvalue weighted by Crippen LogP contribution is 2.18.